The summed E-state index contributed by atoms with van der Waals surface area (Å²) in [5.74, 6) is 0. The van der Waals surface area contributed by atoms with Crippen LogP contribution in [0.2, 0.25) is 0 Å². The quantitative estimate of drug-likeness (QED) is 0.845. The SMILES string of the molecule is C=CC(c1cccc2ccccc12)N1CCNCC1. The summed E-state index contributed by atoms with van der Waals surface area (Å²) in [6.45, 7) is 8.35. The van der Waals surface area contributed by atoms with E-state index in [-0.39, 0.29) is 0 Å². The molecule has 1 heterocycles. The van der Waals surface area contributed by atoms with Gasteiger partial charge in [-0.3, -0.25) is 4.90 Å². The van der Waals surface area contributed by atoms with Crippen molar-refractivity contribution in [1.29, 1.82) is 0 Å². The summed E-state index contributed by atoms with van der Waals surface area (Å²) < 4.78 is 0. The summed E-state index contributed by atoms with van der Waals surface area (Å²) in [5.41, 5.74) is 1.37. The Morgan fingerprint density at radius 1 is 1.05 bits per heavy atom. The Bertz CT molecular complexity index is 565. The van der Waals surface area contributed by atoms with Crippen molar-refractivity contribution in [3.05, 3.63) is 60.7 Å². The second kappa shape index (κ2) is 5.55. The molecule has 1 fully saturated rings. The van der Waals surface area contributed by atoms with Crippen molar-refractivity contribution < 1.29 is 0 Å². The number of hydrogen-bond donors (Lipinski definition) is 1. The highest BCUT2D eigenvalue weighted by molar-refractivity contribution is 5.86. The van der Waals surface area contributed by atoms with E-state index in [0.29, 0.717) is 6.04 Å². The molecular formula is C17H20N2. The third kappa shape index (κ3) is 2.42. The fourth-order valence-corrected chi connectivity index (χ4v) is 2.94. The van der Waals surface area contributed by atoms with E-state index in [1.807, 2.05) is 0 Å². The lowest BCUT2D eigenvalue weighted by atomic mass is 9.97. The van der Waals surface area contributed by atoms with Gasteiger partial charge < -0.3 is 5.32 Å². The van der Waals surface area contributed by atoms with Gasteiger partial charge in [0.05, 0.1) is 6.04 Å². The standard InChI is InChI=1S/C17H20N2/c1-2-17(19-12-10-18-11-13-19)16-9-5-7-14-6-3-4-8-15(14)16/h2-9,17-18H,1,10-13H2. The molecule has 3 rings (SSSR count). The molecule has 2 aromatic rings. The number of nitrogens with zero attached hydrogens (tertiary/aromatic N) is 1. The number of benzene rings is 2. The van der Waals surface area contributed by atoms with E-state index in [2.05, 4.69) is 65.3 Å². The first-order valence-corrected chi connectivity index (χ1v) is 6.95. The number of fused-ring (bicyclic) bond motifs is 1. The Balaban J connectivity index is 2.03. The molecule has 0 spiro atoms. The third-order valence-electron chi connectivity index (χ3n) is 3.91. The second-order valence-corrected chi connectivity index (χ2v) is 5.03. The number of piperazine rings is 1. The lowest BCUT2D eigenvalue weighted by molar-refractivity contribution is 0.204. The maximum Gasteiger partial charge on any atom is 0.0536 e. The topological polar surface area (TPSA) is 15.3 Å². The first kappa shape index (κ1) is 12.4. The van der Waals surface area contributed by atoms with Crippen molar-refractivity contribution in [3.8, 4) is 0 Å². The average Bonchev–Trinajstić information content (AvgIpc) is 2.49. The van der Waals surface area contributed by atoms with Gasteiger partial charge in [0.2, 0.25) is 0 Å². The molecule has 1 N–H and O–H groups in total. The van der Waals surface area contributed by atoms with Gasteiger partial charge in [0, 0.05) is 26.2 Å². The van der Waals surface area contributed by atoms with E-state index in [4.69, 9.17) is 0 Å². The van der Waals surface area contributed by atoms with Crippen LogP contribution < -0.4 is 5.32 Å². The zero-order chi connectivity index (χ0) is 13.1. The second-order valence-electron chi connectivity index (χ2n) is 5.03. The fourth-order valence-electron chi connectivity index (χ4n) is 2.94. The summed E-state index contributed by atoms with van der Waals surface area (Å²) in [7, 11) is 0. The van der Waals surface area contributed by atoms with Gasteiger partial charge in [-0.25, -0.2) is 0 Å². The smallest absolute Gasteiger partial charge is 0.0536 e. The molecule has 1 unspecified atom stereocenters. The van der Waals surface area contributed by atoms with Crippen molar-refractivity contribution in [1.82, 2.24) is 10.2 Å². The molecule has 1 aliphatic heterocycles. The minimum Gasteiger partial charge on any atom is -0.314 e. The van der Waals surface area contributed by atoms with Crippen LogP contribution >= 0.6 is 0 Å². The van der Waals surface area contributed by atoms with Gasteiger partial charge in [-0.15, -0.1) is 6.58 Å². The van der Waals surface area contributed by atoms with Crippen LogP contribution in [0.25, 0.3) is 10.8 Å². The lowest BCUT2D eigenvalue weighted by Crippen LogP contribution is -2.44. The zero-order valence-electron chi connectivity index (χ0n) is 11.2. The van der Waals surface area contributed by atoms with Crippen LogP contribution in [0.15, 0.2) is 55.1 Å². The summed E-state index contributed by atoms with van der Waals surface area (Å²) >= 11 is 0. The Labute approximate surface area is 114 Å². The molecule has 0 bridgehead atoms. The molecule has 2 heteroatoms. The molecule has 19 heavy (non-hydrogen) atoms. The van der Waals surface area contributed by atoms with Gasteiger partial charge in [0.1, 0.15) is 0 Å². The van der Waals surface area contributed by atoms with Crippen LogP contribution in [-0.4, -0.2) is 31.1 Å². The fraction of sp³-hybridized carbons (Fsp3) is 0.294. The van der Waals surface area contributed by atoms with E-state index in [0.717, 1.165) is 26.2 Å². The van der Waals surface area contributed by atoms with E-state index in [1.54, 1.807) is 0 Å². The van der Waals surface area contributed by atoms with E-state index in [9.17, 15) is 0 Å². The summed E-state index contributed by atoms with van der Waals surface area (Å²) in [6.07, 6.45) is 2.08. The number of rotatable bonds is 3. The number of hydrogen-bond acceptors (Lipinski definition) is 2. The molecular weight excluding hydrogens is 232 g/mol. The maximum atomic E-state index is 4.06. The maximum absolute atomic E-state index is 4.06. The highest BCUT2D eigenvalue weighted by Crippen LogP contribution is 2.29. The molecule has 98 valence electrons. The predicted octanol–water partition coefficient (Wildman–Crippen LogP) is 2.97. The van der Waals surface area contributed by atoms with Gasteiger partial charge in [0.25, 0.3) is 0 Å². The molecule has 0 saturated carbocycles. The monoisotopic (exact) mass is 252 g/mol. The van der Waals surface area contributed by atoms with Crippen molar-refractivity contribution in [2.45, 2.75) is 6.04 Å². The van der Waals surface area contributed by atoms with Crippen LogP contribution in [0.5, 0.6) is 0 Å². The Morgan fingerprint density at radius 2 is 1.79 bits per heavy atom. The van der Waals surface area contributed by atoms with Crippen LogP contribution in [-0.2, 0) is 0 Å². The molecule has 1 atom stereocenters. The molecule has 0 aliphatic carbocycles. The Kier molecular flexibility index (Phi) is 3.62. The molecule has 2 nitrogen and oxygen atoms in total. The molecule has 0 amide bonds. The number of nitrogens with one attached hydrogen (secondary N) is 1. The van der Waals surface area contributed by atoms with Crippen molar-refractivity contribution in [2.24, 2.45) is 0 Å². The van der Waals surface area contributed by atoms with Crippen molar-refractivity contribution >= 4 is 10.8 Å². The minimum atomic E-state index is 0.313. The Morgan fingerprint density at radius 3 is 2.58 bits per heavy atom. The Hall–Kier alpha value is -1.64. The van der Waals surface area contributed by atoms with Crippen LogP contribution in [0.1, 0.15) is 11.6 Å². The lowest BCUT2D eigenvalue weighted by Gasteiger charge is -2.34. The summed E-state index contributed by atoms with van der Waals surface area (Å²) in [5, 5.41) is 6.05. The average molecular weight is 252 g/mol. The molecule has 0 radical (unpaired) electrons. The minimum absolute atomic E-state index is 0.313. The first-order chi connectivity index (χ1) is 9.40. The van der Waals surface area contributed by atoms with Gasteiger partial charge >= 0.3 is 0 Å². The van der Waals surface area contributed by atoms with E-state index in [1.165, 1.54) is 16.3 Å². The highest BCUT2D eigenvalue weighted by atomic mass is 15.2. The molecule has 2 aromatic carbocycles. The van der Waals surface area contributed by atoms with Gasteiger partial charge in [0.15, 0.2) is 0 Å². The van der Waals surface area contributed by atoms with Crippen LogP contribution in [0.3, 0.4) is 0 Å². The molecule has 0 aromatic heterocycles. The molecule has 1 aliphatic rings. The first-order valence-electron chi connectivity index (χ1n) is 6.95. The normalized spacial score (nSPS) is 18.3. The summed E-state index contributed by atoms with van der Waals surface area (Å²) in [4.78, 5) is 2.51. The van der Waals surface area contributed by atoms with Crippen LogP contribution in [0.4, 0.5) is 0 Å². The van der Waals surface area contributed by atoms with Crippen molar-refractivity contribution in [3.63, 3.8) is 0 Å². The summed E-state index contributed by atoms with van der Waals surface area (Å²) in [6, 6.07) is 15.5. The van der Waals surface area contributed by atoms with Gasteiger partial charge in [-0.2, -0.15) is 0 Å². The van der Waals surface area contributed by atoms with Gasteiger partial charge in [-0.05, 0) is 16.3 Å². The van der Waals surface area contributed by atoms with E-state index >= 15 is 0 Å². The van der Waals surface area contributed by atoms with Crippen molar-refractivity contribution in [2.75, 3.05) is 26.2 Å². The molecule has 1 saturated heterocycles. The third-order valence-corrected chi connectivity index (χ3v) is 3.91. The van der Waals surface area contributed by atoms with E-state index < -0.39 is 0 Å². The highest BCUT2D eigenvalue weighted by Gasteiger charge is 2.20. The van der Waals surface area contributed by atoms with Crippen LogP contribution in [0, 0.1) is 0 Å². The zero-order valence-corrected chi connectivity index (χ0v) is 11.2. The predicted molar refractivity (Wildman–Crippen MR) is 81.3 cm³/mol. The largest absolute Gasteiger partial charge is 0.314 e. The van der Waals surface area contributed by atoms with Gasteiger partial charge in [-0.1, -0.05) is 48.5 Å².